The lowest BCUT2D eigenvalue weighted by Crippen LogP contribution is -2.20. The average molecular weight is 285 g/mol. The van der Waals surface area contributed by atoms with Crippen LogP contribution in [-0.4, -0.2) is 30.2 Å². The molecule has 0 aliphatic carbocycles. The molecule has 0 fully saturated rings. The zero-order chi connectivity index (χ0) is 14.2. The van der Waals surface area contributed by atoms with Crippen molar-refractivity contribution in [3.8, 4) is 11.8 Å². The molecular formula is C17H19NOS. The molecule has 0 spiro atoms. The van der Waals surface area contributed by atoms with Crippen LogP contribution in [0.25, 0.3) is 0 Å². The first-order valence-corrected chi connectivity index (χ1v) is 7.56. The summed E-state index contributed by atoms with van der Waals surface area (Å²) in [6.45, 7) is 1.84. The number of thiophene rings is 1. The van der Waals surface area contributed by atoms with E-state index in [2.05, 4.69) is 53.4 Å². The average Bonchev–Trinajstić information content (AvgIpc) is 2.91. The molecule has 1 heterocycles. The summed E-state index contributed by atoms with van der Waals surface area (Å²) in [4.78, 5) is 3.57. The molecule has 0 atom stereocenters. The minimum absolute atomic E-state index is 0.0842. The molecular weight excluding hydrogens is 266 g/mol. The molecule has 0 saturated heterocycles. The number of likely N-dealkylation sites (N-methyl/N-ethyl adjacent to an activating group) is 1. The van der Waals surface area contributed by atoms with Crippen LogP contribution in [0.3, 0.4) is 0 Å². The summed E-state index contributed by atoms with van der Waals surface area (Å²) in [6.07, 6.45) is 1.06. The van der Waals surface area contributed by atoms with Gasteiger partial charge in [-0.2, -0.15) is 0 Å². The molecule has 0 radical (unpaired) electrons. The Labute approximate surface area is 124 Å². The molecule has 3 heteroatoms. The van der Waals surface area contributed by atoms with Crippen LogP contribution in [0.15, 0.2) is 41.8 Å². The maximum Gasteiger partial charge on any atom is 0.104 e. The quantitative estimate of drug-likeness (QED) is 0.854. The van der Waals surface area contributed by atoms with E-state index in [4.69, 9.17) is 5.11 Å². The van der Waals surface area contributed by atoms with Crippen molar-refractivity contribution in [1.82, 2.24) is 4.90 Å². The maximum atomic E-state index is 8.77. The third-order valence-electron chi connectivity index (χ3n) is 3.09. The Bertz CT molecular complexity index is 580. The van der Waals surface area contributed by atoms with Gasteiger partial charge in [-0.05, 0) is 30.5 Å². The van der Waals surface area contributed by atoms with Gasteiger partial charge >= 0.3 is 0 Å². The first-order chi connectivity index (χ1) is 9.79. The highest BCUT2D eigenvalue weighted by Gasteiger charge is 2.06. The lowest BCUT2D eigenvalue weighted by atomic mass is 10.1. The summed E-state index contributed by atoms with van der Waals surface area (Å²) < 4.78 is 0. The number of rotatable bonds is 5. The Kier molecular flexibility index (Phi) is 5.82. The molecule has 0 unspecified atom stereocenters. The molecule has 0 amide bonds. The Hall–Kier alpha value is -1.60. The Balaban J connectivity index is 1.88. The molecule has 1 aromatic heterocycles. The molecule has 1 aromatic carbocycles. The number of hydrogen-bond acceptors (Lipinski definition) is 3. The number of benzene rings is 1. The number of hydrogen-bond donors (Lipinski definition) is 1. The highest BCUT2D eigenvalue weighted by Crippen LogP contribution is 2.17. The SMILES string of the molecule is CN(CCc1ccccc1)Cc1sccc1C#CCO. The third-order valence-corrected chi connectivity index (χ3v) is 3.99. The maximum absolute atomic E-state index is 8.77. The van der Waals surface area contributed by atoms with Crippen LogP contribution in [0.1, 0.15) is 16.0 Å². The summed E-state index contributed by atoms with van der Waals surface area (Å²) in [7, 11) is 2.13. The zero-order valence-electron chi connectivity index (χ0n) is 11.7. The second-order valence-electron chi connectivity index (χ2n) is 4.69. The molecule has 20 heavy (non-hydrogen) atoms. The Morgan fingerprint density at radius 2 is 2.00 bits per heavy atom. The summed E-state index contributed by atoms with van der Waals surface area (Å²) in [6, 6.07) is 12.6. The summed E-state index contributed by atoms with van der Waals surface area (Å²) in [5.41, 5.74) is 2.40. The van der Waals surface area contributed by atoms with Gasteiger partial charge in [-0.3, -0.25) is 0 Å². The minimum Gasteiger partial charge on any atom is -0.384 e. The van der Waals surface area contributed by atoms with E-state index in [1.54, 1.807) is 11.3 Å². The van der Waals surface area contributed by atoms with E-state index in [9.17, 15) is 0 Å². The van der Waals surface area contributed by atoms with Crippen molar-refractivity contribution < 1.29 is 5.11 Å². The van der Waals surface area contributed by atoms with Gasteiger partial charge in [0, 0.05) is 23.5 Å². The van der Waals surface area contributed by atoms with Crippen molar-refractivity contribution in [1.29, 1.82) is 0 Å². The van der Waals surface area contributed by atoms with Crippen molar-refractivity contribution >= 4 is 11.3 Å². The fourth-order valence-corrected chi connectivity index (χ4v) is 2.91. The molecule has 2 rings (SSSR count). The first kappa shape index (κ1) is 14.8. The molecule has 0 aliphatic rings. The molecule has 0 aliphatic heterocycles. The summed E-state index contributed by atoms with van der Waals surface area (Å²) >= 11 is 1.72. The fourth-order valence-electron chi connectivity index (χ4n) is 2.00. The lowest BCUT2D eigenvalue weighted by Gasteiger charge is -2.16. The van der Waals surface area contributed by atoms with Crippen molar-refractivity contribution in [3.05, 3.63) is 57.8 Å². The molecule has 2 aromatic rings. The minimum atomic E-state index is -0.0842. The fraction of sp³-hybridized carbons (Fsp3) is 0.294. The van der Waals surface area contributed by atoms with Gasteiger partial charge in [0.2, 0.25) is 0 Å². The van der Waals surface area contributed by atoms with Crippen LogP contribution >= 0.6 is 11.3 Å². The predicted octanol–water partition coefficient (Wildman–Crippen LogP) is 2.77. The molecule has 1 N–H and O–H groups in total. The van der Waals surface area contributed by atoms with E-state index in [1.165, 1.54) is 10.4 Å². The van der Waals surface area contributed by atoms with Crippen LogP contribution in [0, 0.1) is 11.8 Å². The second kappa shape index (κ2) is 7.86. The van der Waals surface area contributed by atoms with Gasteiger partial charge in [0.15, 0.2) is 0 Å². The molecule has 2 nitrogen and oxygen atoms in total. The van der Waals surface area contributed by atoms with Crippen LogP contribution in [-0.2, 0) is 13.0 Å². The highest BCUT2D eigenvalue weighted by atomic mass is 32.1. The summed E-state index contributed by atoms with van der Waals surface area (Å²) in [5.74, 6) is 5.72. The van der Waals surface area contributed by atoms with Crippen molar-refractivity contribution in [3.63, 3.8) is 0 Å². The van der Waals surface area contributed by atoms with E-state index >= 15 is 0 Å². The van der Waals surface area contributed by atoms with Crippen LogP contribution < -0.4 is 0 Å². The number of nitrogens with zero attached hydrogens (tertiary/aromatic N) is 1. The zero-order valence-corrected chi connectivity index (χ0v) is 12.5. The van der Waals surface area contributed by atoms with Crippen molar-refractivity contribution in [2.75, 3.05) is 20.2 Å². The van der Waals surface area contributed by atoms with Crippen LogP contribution in [0.4, 0.5) is 0 Å². The topological polar surface area (TPSA) is 23.5 Å². The van der Waals surface area contributed by atoms with Gasteiger partial charge in [0.05, 0.1) is 0 Å². The van der Waals surface area contributed by atoms with E-state index in [0.717, 1.165) is 25.1 Å². The largest absolute Gasteiger partial charge is 0.384 e. The van der Waals surface area contributed by atoms with Gasteiger partial charge in [-0.25, -0.2) is 0 Å². The number of aliphatic hydroxyl groups is 1. The van der Waals surface area contributed by atoms with Crippen molar-refractivity contribution in [2.24, 2.45) is 0 Å². The predicted molar refractivity (Wildman–Crippen MR) is 84.8 cm³/mol. The van der Waals surface area contributed by atoms with Gasteiger partial charge in [0.25, 0.3) is 0 Å². The molecule has 0 bridgehead atoms. The normalized spacial score (nSPS) is 10.3. The van der Waals surface area contributed by atoms with E-state index < -0.39 is 0 Å². The highest BCUT2D eigenvalue weighted by molar-refractivity contribution is 7.10. The van der Waals surface area contributed by atoms with Crippen LogP contribution in [0.5, 0.6) is 0 Å². The van der Waals surface area contributed by atoms with Gasteiger partial charge in [0.1, 0.15) is 6.61 Å². The van der Waals surface area contributed by atoms with Crippen molar-refractivity contribution in [2.45, 2.75) is 13.0 Å². The summed E-state index contributed by atoms with van der Waals surface area (Å²) in [5, 5.41) is 10.8. The standard InChI is InChI=1S/C17H19NOS/c1-18(11-9-15-6-3-2-4-7-15)14-17-16(8-5-12-19)10-13-20-17/h2-4,6-7,10,13,19H,9,11-12,14H2,1H3. The monoisotopic (exact) mass is 285 g/mol. The Morgan fingerprint density at radius 1 is 1.20 bits per heavy atom. The lowest BCUT2D eigenvalue weighted by molar-refractivity contribution is 0.334. The second-order valence-corrected chi connectivity index (χ2v) is 5.69. The van der Waals surface area contributed by atoms with E-state index in [1.807, 2.05) is 12.1 Å². The first-order valence-electron chi connectivity index (χ1n) is 6.68. The number of aliphatic hydroxyl groups excluding tert-OH is 1. The van der Waals surface area contributed by atoms with Gasteiger partial charge < -0.3 is 10.0 Å². The Morgan fingerprint density at radius 3 is 2.75 bits per heavy atom. The smallest absolute Gasteiger partial charge is 0.104 e. The third kappa shape index (κ3) is 4.50. The van der Waals surface area contributed by atoms with Gasteiger partial charge in [-0.1, -0.05) is 42.2 Å². The van der Waals surface area contributed by atoms with E-state index in [-0.39, 0.29) is 6.61 Å². The van der Waals surface area contributed by atoms with Gasteiger partial charge in [-0.15, -0.1) is 11.3 Å². The van der Waals surface area contributed by atoms with Crippen LogP contribution in [0.2, 0.25) is 0 Å². The molecule has 104 valence electrons. The van der Waals surface area contributed by atoms with E-state index in [0.29, 0.717) is 0 Å². The molecule has 0 saturated carbocycles.